The van der Waals surface area contributed by atoms with Crippen LogP contribution in [0.2, 0.25) is 0 Å². The number of hydrogen-bond donors (Lipinski definition) is 0. The number of ketones is 1. The van der Waals surface area contributed by atoms with E-state index in [-0.39, 0.29) is 28.2 Å². The first kappa shape index (κ1) is 23.6. The monoisotopic (exact) mass is 500 g/mol. The first-order valence-electron chi connectivity index (χ1n) is 11.2. The summed E-state index contributed by atoms with van der Waals surface area (Å²) in [6.45, 7) is 0. The summed E-state index contributed by atoms with van der Waals surface area (Å²) < 4.78 is 38.3. The number of nitrogens with zero attached hydrogens (tertiary/aromatic N) is 4. The summed E-state index contributed by atoms with van der Waals surface area (Å²) in [4.78, 5) is 30.6. The summed E-state index contributed by atoms with van der Waals surface area (Å²) in [6, 6.07) is 14.2. The Bertz CT molecular complexity index is 1630. The Hall–Kier alpha value is -4.11. The Morgan fingerprint density at radius 1 is 1.03 bits per heavy atom. The molecule has 0 radical (unpaired) electrons. The van der Waals surface area contributed by atoms with Crippen LogP contribution in [0.4, 0.5) is 10.1 Å². The predicted octanol–water partition coefficient (Wildman–Crippen LogP) is 4.36. The highest BCUT2D eigenvalue weighted by Crippen LogP contribution is 2.34. The van der Waals surface area contributed by atoms with Crippen LogP contribution in [0.5, 0.6) is 0 Å². The number of hydrogen-bond acceptors (Lipinski definition) is 7. The molecule has 2 aromatic heterocycles. The molecule has 0 atom stereocenters. The van der Waals surface area contributed by atoms with Crippen molar-refractivity contribution < 1.29 is 17.6 Å². The molecule has 0 bridgehead atoms. The first-order valence-corrected chi connectivity index (χ1v) is 13.1. The molecule has 2 aromatic carbocycles. The fraction of sp³-hybridized carbons (Fsp3) is 0.148. The Balaban J connectivity index is 1.43. The van der Waals surface area contributed by atoms with Crippen LogP contribution in [0.15, 0.2) is 77.0 Å². The van der Waals surface area contributed by atoms with Crippen molar-refractivity contribution >= 4 is 27.5 Å². The molecule has 4 aromatic rings. The van der Waals surface area contributed by atoms with Gasteiger partial charge in [0, 0.05) is 49.1 Å². The highest BCUT2D eigenvalue weighted by Gasteiger charge is 2.19. The fourth-order valence-electron chi connectivity index (χ4n) is 4.16. The highest BCUT2D eigenvalue weighted by atomic mass is 32.2. The molecule has 0 saturated carbocycles. The maximum atomic E-state index is 14.7. The molecule has 3 heterocycles. The lowest BCUT2D eigenvalue weighted by Gasteiger charge is -2.11. The Morgan fingerprint density at radius 3 is 2.72 bits per heavy atom. The zero-order valence-corrected chi connectivity index (χ0v) is 20.2. The van der Waals surface area contributed by atoms with Crippen LogP contribution >= 0.6 is 0 Å². The molecule has 0 fully saturated rings. The number of benzene rings is 2. The Labute approximate surface area is 207 Å². The van der Waals surface area contributed by atoms with Gasteiger partial charge >= 0.3 is 0 Å². The number of Topliss-reactive ketones (excluding diaryl/α,β-unsaturated/α-hetero) is 1. The standard InChI is InChI=1S/C27H21FN4O3S/c1-36(34,35)20-5-2-4-18(14-20)25(33)15-19-12-17(7-8-22(19)28)13-24-21(6-3-10-29-24)26-27-23(9-11-30-27)31-16-32-26/h2-8,10-12,14,16H,9,13,15H2,1H3. The predicted molar refractivity (Wildman–Crippen MR) is 134 cm³/mol. The molecule has 5 rings (SSSR count). The normalized spacial score (nSPS) is 12.5. The lowest BCUT2D eigenvalue weighted by molar-refractivity contribution is 0.0991. The van der Waals surface area contributed by atoms with Crippen LogP contribution in [0.1, 0.15) is 32.9 Å². The number of sulfone groups is 1. The van der Waals surface area contributed by atoms with Gasteiger partial charge in [0.05, 0.1) is 16.3 Å². The van der Waals surface area contributed by atoms with E-state index in [1.165, 1.54) is 36.7 Å². The first-order chi connectivity index (χ1) is 17.3. The second-order valence-electron chi connectivity index (χ2n) is 8.53. The van der Waals surface area contributed by atoms with Crippen molar-refractivity contribution in [1.29, 1.82) is 0 Å². The van der Waals surface area contributed by atoms with Crippen molar-refractivity contribution in [3.8, 4) is 11.3 Å². The number of carbonyl (C=O) groups is 1. The zero-order chi connectivity index (χ0) is 25.3. The zero-order valence-electron chi connectivity index (χ0n) is 19.3. The molecule has 0 N–H and O–H groups in total. The van der Waals surface area contributed by atoms with E-state index in [0.29, 0.717) is 18.5 Å². The number of carbonyl (C=O) groups excluding carboxylic acids is 1. The molecule has 9 heteroatoms. The highest BCUT2D eigenvalue weighted by molar-refractivity contribution is 7.90. The molecule has 180 valence electrons. The second-order valence-corrected chi connectivity index (χ2v) is 10.5. The maximum Gasteiger partial charge on any atom is 0.175 e. The van der Waals surface area contributed by atoms with Crippen LogP contribution in [-0.2, 0) is 29.1 Å². The molecule has 1 aliphatic rings. The summed E-state index contributed by atoms with van der Waals surface area (Å²) >= 11 is 0. The van der Waals surface area contributed by atoms with Gasteiger partial charge in [-0.15, -0.1) is 0 Å². The number of aromatic nitrogens is 3. The lowest BCUT2D eigenvalue weighted by atomic mass is 9.97. The van der Waals surface area contributed by atoms with Crippen molar-refractivity contribution in [1.82, 2.24) is 15.0 Å². The summed E-state index contributed by atoms with van der Waals surface area (Å²) in [5.41, 5.74) is 5.06. The topological polar surface area (TPSA) is 102 Å². The van der Waals surface area contributed by atoms with Crippen molar-refractivity contribution in [2.75, 3.05) is 6.26 Å². The van der Waals surface area contributed by atoms with Gasteiger partial charge in [0.15, 0.2) is 15.6 Å². The molecule has 0 aliphatic carbocycles. The molecule has 0 unspecified atom stereocenters. The Kier molecular flexibility index (Phi) is 6.24. The van der Waals surface area contributed by atoms with Crippen LogP contribution in [0.3, 0.4) is 0 Å². The Morgan fingerprint density at radius 2 is 1.89 bits per heavy atom. The van der Waals surface area contributed by atoms with Gasteiger partial charge in [-0.3, -0.25) is 14.8 Å². The van der Waals surface area contributed by atoms with E-state index in [1.807, 2.05) is 12.1 Å². The van der Waals surface area contributed by atoms with Gasteiger partial charge in [-0.1, -0.05) is 24.3 Å². The van der Waals surface area contributed by atoms with E-state index in [4.69, 9.17) is 0 Å². The van der Waals surface area contributed by atoms with Crippen LogP contribution in [0.25, 0.3) is 11.3 Å². The molecule has 0 saturated heterocycles. The summed E-state index contributed by atoms with van der Waals surface area (Å²) in [5, 5.41) is 0. The molecular weight excluding hydrogens is 479 g/mol. The fourth-order valence-corrected chi connectivity index (χ4v) is 4.82. The van der Waals surface area contributed by atoms with Gasteiger partial charge in [-0.05, 0) is 41.5 Å². The quantitative estimate of drug-likeness (QED) is 0.350. The SMILES string of the molecule is CS(=O)(=O)c1cccc(C(=O)Cc2cc(Cc3ncccc3-c3ncnc4c3N=CC4)ccc2F)c1. The molecule has 7 nitrogen and oxygen atoms in total. The number of fused-ring (bicyclic) bond motifs is 1. The van der Waals surface area contributed by atoms with Crippen molar-refractivity contribution in [2.24, 2.45) is 4.99 Å². The van der Waals surface area contributed by atoms with Crippen molar-refractivity contribution in [2.45, 2.75) is 24.2 Å². The van der Waals surface area contributed by atoms with Gasteiger partial charge in [-0.2, -0.15) is 0 Å². The van der Waals surface area contributed by atoms with Gasteiger partial charge < -0.3 is 0 Å². The largest absolute Gasteiger partial charge is 0.294 e. The summed E-state index contributed by atoms with van der Waals surface area (Å²) in [7, 11) is -3.46. The van der Waals surface area contributed by atoms with E-state index < -0.39 is 15.7 Å². The average molecular weight is 501 g/mol. The van der Waals surface area contributed by atoms with Crippen LogP contribution in [-0.4, -0.2) is 41.6 Å². The number of aliphatic imine (C=N–C) groups is 1. The third-order valence-electron chi connectivity index (χ3n) is 5.97. The molecule has 36 heavy (non-hydrogen) atoms. The molecular formula is C27H21FN4O3S. The average Bonchev–Trinajstić information content (AvgIpc) is 3.35. The maximum absolute atomic E-state index is 14.7. The van der Waals surface area contributed by atoms with Gasteiger partial charge in [0.2, 0.25) is 0 Å². The smallest absolute Gasteiger partial charge is 0.175 e. The van der Waals surface area contributed by atoms with Crippen LogP contribution < -0.4 is 0 Å². The number of rotatable bonds is 7. The second kappa shape index (κ2) is 9.50. The minimum absolute atomic E-state index is 0.0470. The number of pyridine rings is 1. The van der Waals surface area contributed by atoms with E-state index in [1.54, 1.807) is 24.5 Å². The van der Waals surface area contributed by atoms with E-state index in [0.717, 1.165) is 34.5 Å². The summed E-state index contributed by atoms with van der Waals surface area (Å²) in [5.74, 6) is -0.875. The van der Waals surface area contributed by atoms with Gasteiger partial charge in [-0.25, -0.2) is 22.8 Å². The third kappa shape index (κ3) is 4.83. The third-order valence-corrected chi connectivity index (χ3v) is 7.08. The van der Waals surface area contributed by atoms with E-state index in [9.17, 15) is 17.6 Å². The van der Waals surface area contributed by atoms with E-state index >= 15 is 0 Å². The van der Waals surface area contributed by atoms with Gasteiger partial charge in [0.1, 0.15) is 23.5 Å². The van der Waals surface area contributed by atoms with E-state index in [2.05, 4.69) is 19.9 Å². The number of halogens is 1. The van der Waals surface area contributed by atoms with Crippen molar-refractivity contribution in [3.05, 3.63) is 101 Å². The molecule has 1 aliphatic heterocycles. The van der Waals surface area contributed by atoms with Crippen molar-refractivity contribution in [3.63, 3.8) is 0 Å². The molecule has 0 spiro atoms. The van der Waals surface area contributed by atoms with Gasteiger partial charge in [0.25, 0.3) is 0 Å². The minimum Gasteiger partial charge on any atom is -0.294 e. The summed E-state index contributed by atoms with van der Waals surface area (Å²) in [6.07, 6.45) is 6.93. The lowest BCUT2D eigenvalue weighted by Crippen LogP contribution is -2.08. The van der Waals surface area contributed by atoms with Crippen LogP contribution in [0, 0.1) is 5.82 Å². The molecule has 0 amide bonds. The minimum atomic E-state index is -3.46.